The molecule has 0 aromatic heterocycles. The van der Waals surface area contributed by atoms with Gasteiger partial charge in [0.15, 0.2) is 0 Å². The highest BCUT2D eigenvalue weighted by Gasteiger charge is 2.23. The molecule has 0 bridgehead atoms. The lowest BCUT2D eigenvalue weighted by molar-refractivity contribution is 0.252. The molecule has 2 rings (SSSR count). The Kier molecular flexibility index (Phi) is 4.66. The first kappa shape index (κ1) is 15.3. The first-order valence-electron chi connectivity index (χ1n) is 7.37. The summed E-state index contributed by atoms with van der Waals surface area (Å²) in [6.45, 7) is 5.95. The predicted octanol–water partition coefficient (Wildman–Crippen LogP) is 2.68. The van der Waals surface area contributed by atoms with Crippen molar-refractivity contribution < 1.29 is 4.39 Å². The summed E-state index contributed by atoms with van der Waals surface area (Å²) in [5, 5.41) is 0. The fourth-order valence-corrected chi connectivity index (χ4v) is 2.93. The van der Waals surface area contributed by atoms with Crippen molar-refractivity contribution in [3.05, 3.63) is 29.1 Å². The molecule has 1 aliphatic heterocycles. The van der Waals surface area contributed by atoms with Crippen LogP contribution in [0.4, 0.5) is 10.1 Å². The summed E-state index contributed by atoms with van der Waals surface area (Å²) in [7, 11) is 4.26. The lowest BCUT2D eigenvalue weighted by atomic mass is 9.98. The largest absolute Gasteiger partial charge is 0.371 e. The predicted molar refractivity (Wildman–Crippen MR) is 82.7 cm³/mol. The molecule has 0 aliphatic carbocycles. The van der Waals surface area contributed by atoms with Crippen molar-refractivity contribution in [3.63, 3.8) is 0 Å². The van der Waals surface area contributed by atoms with Crippen LogP contribution in [0.2, 0.25) is 0 Å². The average molecular weight is 279 g/mol. The number of hydrogen-bond donors (Lipinski definition) is 1. The summed E-state index contributed by atoms with van der Waals surface area (Å²) in [6.07, 6.45) is 2.28. The Balaban J connectivity index is 2.28. The first-order valence-corrected chi connectivity index (χ1v) is 7.37. The molecule has 4 heteroatoms. The van der Waals surface area contributed by atoms with Gasteiger partial charge in [-0.3, -0.25) is 0 Å². The van der Waals surface area contributed by atoms with Gasteiger partial charge >= 0.3 is 0 Å². The van der Waals surface area contributed by atoms with Crippen LogP contribution in [0.5, 0.6) is 0 Å². The SMILES string of the molecule is Cc1cc(N(C)C2CCN(C)CC2)c([C@H](C)N)cc1F. The maximum Gasteiger partial charge on any atom is 0.126 e. The van der Waals surface area contributed by atoms with Crippen molar-refractivity contribution in [1.29, 1.82) is 0 Å². The molecule has 1 aromatic carbocycles. The Morgan fingerprint density at radius 3 is 2.50 bits per heavy atom. The Morgan fingerprint density at radius 1 is 1.35 bits per heavy atom. The number of benzene rings is 1. The highest BCUT2D eigenvalue weighted by molar-refractivity contribution is 5.57. The highest BCUT2D eigenvalue weighted by Crippen LogP contribution is 2.30. The molecule has 0 unspecified atom stereocenters. The molecular weight excluding hydrogens is 253 g/mol. The fourth-order valence-electron chi connectivity index (χ4n) is 2.93. The number of hydrogen-bond acceptors (Lipinski definition) is 3. The Hall–Kier alpha value is -1.13. The zero-order valence-corrected chi connectivity index (χ0v) is 13.0. The van der Waals surface area contributed by atoms with E-state index in [0.29, 0.717) is 11.6 Å². The second-order valence-corrected chi connectivity index (χ2v) is 6.09. The van der Waals surface area contributed by atoms with Gasteiger partial charge in [0.2, 0.25) is 0 Å². The molecule has 0 radical (unpaired) electrons. The van der Waals surface area contributed by atoms with E-state index in [1.807, 2.05) is 19.9 Å². The van der Waals surface area contributed by atoms with E-state index in [1.165, 1.54) is 0 Å². The molecule has 1 heterocycles. The van der Waals surface area contributed by atoms with Crippen molar-refractivity contribution >= 4 is 5.69 Å². The molecule has 0 amide bonds. The molecule has 1 saturated heterocycles. The van der Waals surface area contributed by atoms with Crippen molar-refractivity contribution in [2.24, 2.45) is 5.73 Å². The summed E-state index contributed by atoms with van der Waals surface area (Å²) >= 11 is 0. The highest BCUT2D eigenvalue weighted by atomic mass is 19.1. The van der Waals surface area contributed by atoms with E-state index >= 15 is 0 Å². The number of likely N-dealkylation sites (tertiary alicyclic amines) is 1. The molecular formula is C16H26FN3. The van der Waals surface area contributed by atoms with Crippen LogP contribution in [0.3, 0.4) is 0 Å². The Labute approximate surface area is 121 Å². The van der Waals surface area contributed by atoms with E-state index in [4.69, 9.17) is 5.73 Å². The molecule has 1 aliphatic rings. The number of anilines is 1. The van der Waals surface area contributed by atoms with Crippen LogP contribution < -0.4 is 10.6 Å². The minimum Gasteiger partial charge on any atom is -0.371 e. The van der Waals surface area contributed by atoms with Gasteiger partial charge in [-0.25, -0.2) is 4.39 Å². The van der Waals surface area contributed by atoms with Crippen LogP contribution in [0, 0.1) is 12.7 Å². The zero-order valence-electron chi connectivity index (χ0n) is 13.0. The molecule has 2 N–H and O–H groups in total. The first-order chi connectivity index (χ1) is 9.40. The van der Waals surface area contributed by atoms with Gasteiger partial charge in [-0.2, -0.15) is 0 Å². The van der Waals surface area contributed by atoms with Gasteiger partial charge in [-0.15, -0.1) is 0 Å². The summed E-state index contributed by atoms with van der Waals surface area (Å²) in [5.41, 5.74) is 8.68. The van der Waals surface area contributed by atoms with Gasteiger partial charge in [-0.05, 0) is 70.1 Å². The maximum atomic E-state index is 13.8. The minimum atomic E-state index is -0.169. The fraction of sp³-hybridized carbons (Fsp3) is 0.625. The third-order valence-electron chi connectivity index (χ3n) is 4.41. The summed E-state index contributed by atoms with van der Waals surface area (Å²) in [5.74, 6) is -0.169. The number of rotatable bonds is 3. The van der Waals surface area contributed by atoms with E-state index < -0.39 is 0 Å². The molecule has 20 heavy (non-hydrogen) atoms. The zero-order chi connectivity index (χ0) is 14.9. The monoisotopic (exact) mass is 279 g/mol. The molecule has 1 aromatic rings. The average Bonchev–Trinajstić information content (AvgIpc) is 2.41. The van der Waals surface area contributed by atoms with Gasteiger partial charge in [0.25, 0.3) is 0 Å². The molecule has 0 saturated carbocycles. The van der Waals surface area contributed by atoms with E-state index in [2.05, 4.69) is 23.9 Å². The second kappa shape index (κ2) is 6.10. The molecule has 1 fully saturated rings. The number of piperidine rings is 1. The lowest BCUT2D eigenvalue weighted by Crippen LogP contribution is -2.42. The van der Waals surface area contributed by atoms with Gasteiger partial charge in [0, 0.05) is 24.8 Å². The quantitative estimate of drug-likeness (QED) is 0.923. The van der Waals surface area contributed by atoms with Crippen molar-refractivity contribution in [2.45, 2.75) is 38.8 Å². The Bertz CT molecular complexity index is 465. The molecule has 3 nitrogen and oxygen atoms in total. The van der Waals surface area contributed by atoms with E-state index in [1.54, 1.807) is 6.07 Å². The standard InChI is InChI=1S/C16H26FN3/c1-11-9-16(14(12(2)18)10-15(11)17)20(4)13-5-7-19(3)8-6-13/h9-10,12-13H,5-8,18H2,1-4H3/t12-/m0/s1. The number of nitrogens with two attached hydrogens (primary N) is 1. The summed E-state index contributed by atoms with van der Waals surface area (Å²) in [4.78, 5) is 4.64. The van der Waals surface area contributed by atoms with Crippen LogP contribution in [0.25, 0.3) is 0 Å². The van der Waals surface area contributed by atoms with Crippen LogP contribution in [0.15, 0.2) is 12.1 Å². The molecule has 0 spiro atoms. The summed E-state index contributed by atoms with van der Waals surface area (Å²) in [6, 6.07) is 3.88. The van der Waals surface area contributed by atoms with E-state index in [-0.39, 0.29) is 11.9 Å². The molecule has 1 atom stereocenters. The Morgan fingerprint density at radius 2 is 1.95 bits per heavy atom. The third-order valence-corrected chi connectivity index (χ3v) is 4.41. The normalized spacial score (nSPS) is 19.1. The number of halogens is 1. The smallest absolute Gasteiger partial charge is 0.126 e. The van der Waals surface area contributed by atoms with Crippen LogP contribution in [-0.4, -0.2) is 38.1 Å². The molecule has 112 valence electrons. The summed E-state index contributed by atoms with van der Waals surface area (Å²) < 4.78 is 13.8. The number of nitrogens with zero attached hydrogens (tertiary/aromatic N) is 2. The van der Waals surface area contributed by atoms with Crippen molar-refractivity contribution in [1.82, 2.24) is 4.90 Å². The third kappa shape index (κ3) is 3.13. The number of aryl methyl sites for hydroxylation is 1. The van der Waals surface area contributed by atoms with E-state index in [0.717, 1.165) is 37.2 Å². The van der Waals surface area contributed by atoms with Gasteiger partial charge in [0.1, 0.15) is 5.82 Å². The van der Waals surface area contributed by atoms with Gasteiger partial charge in [-0.1, -0.05) is 0 Å². The maximum absolute atomic E-state index is 13.8. The van der Waals surface area contributed by atoms with Crippen LogP contribution in [0.1, 0.15) is 36.9 Å². The second-order valence-electron chi connectivity index (χ2n) is 6.09. The van der Waals surface area contributed by atoms with Crippen LogP contribution in [-0.2, 0) is 0 Å². The topological polar surface area (TPSA) is 32.5 Å². The van der Waals surface area contributed by atoms with E-state index in [9.17, 15) is 4.39 Å². The lowest BCUT2D eigenvalue weighted by Gasteiger charge is -2.37. The van der Waals surface area contributed by atoms with Crippen LogP contribution >= 0.6 is 0 Å². The van der Waals surface area contributed by atoms with Gasteiger partial charge in [0.05, 0.1) is 0 Å². The van der Waals surface area contributed by atoms with Crippen molar-refractivity contribution in [3.8, 4) is 0 Å². The minimum absolute atomic E-state index is 0.159. The van der Waals surface area contributed by atoms with Gasteiger partial charge < -0.3 is 15.5 Å². The van der Waals surface area contributed by atoms with Crippen molar-refractivity contribution in [2.75, 3.05) is 32.1 Å².